The summed E-state index contributed by atoms with van der Waals surface area (Å²) in [4.78, 5) is 17.3. The standard InChI is InChI=1S/C22H18N2O2/c23-22(24-18-14-8-3-9-15-18)19(20(25)16-10-4-1-5-11-16)21(26)17-12-6-2-7-13-17/h1-15,25H,(H2,23,24)/b20-19-. The normalized spacial score (nSPS) is 12.4. The summed E-state index contributed by atoms with van der Waals surface area (Å²) in [6, 6.07) is 26.6. The van der Waals surface area contributed by atoms with Crippen molar-refractivity contribution in [1.29, 1.82) is 0 Å². The molecule has 0 aliphatic carbocycles. The first-order valence-electron chi connectivity index (χ1n) is 8.15. The molecule has 0 spiro atoms. The van der Waals surface area contributed by atoms with Crippen molar-refractivity contribution in [2.24, 2.45) is 10.7 Å². The molecule has 3 aromatic rings. The molecule has 0 saturated heterocycles. The number of amidine groups is 1. The third-order valence-corrected chi connectivity index (χ3v) is 3.81. The lowest BCUT2D eigenvalue weighted by molar-refractivity contribution is 0.103. The van der Waals surface area contributed by atoms with Gasteiger partial charge in [0.2, 0.25) is 5.78 Å². The molecule has 3 aromatic carbocycles. The maximum absolute atomic E-state index is 13.0. The highest BCUT2D eigenvalue weighted by molar-refractivity contribution is 6.30. The zero-order valence-electron chi connectivity index (χ0n) is 14.0. The second-order valence-corrected chi connectivity index (χ2v) is 5.62. The summed E-state index contributed by atoms with van der Waals surface area (Å²) in [5.74, 6) is -0.618. The maximum Gasteiger partial charge on any atom is 0.200 e. The van der Waals surface area contributed by atoms with Crippen LogP contribution >= 0.6 is 0 Å². The van der Waals surface area contributed by atoms with Gasteiger partial charge in [-0.2, -0.15) is 0 Å². The van der Waals surface area contributed by atoms with Crippen molar-refractivity contribution in [3.05, 3.63) is 108 Å². The molecule has 3 N–H and O–H groups in total. The lowest BCUT2D eigenvalue weighted by atomic mass is 9.98. The Morgan fingerprint density at radius 3 is 1.73 bits per heavy atom. The third kappa shape index (κ3) is 3.87. The fourth-order valence-corrected chi connectivity index (χ4v) is 2.52. The van der Waals surface area contributed by atoms with Crippen LogP contribution in [0.25, 0.3) is 5.76 Å². The Kier molecular flexibility index (Phi) is 5.25. The molecule has 0 aliphatic rings. The lowest BCUT2D eigenvalue weighted by Gasteiger charge is -2.11. The van der Waals surface area contributed by atoms with Gasteiger partial charge in [-0.15, -0.1) is 0 Å². The molecule has 3 rings (SSSR count). The molecule has 0 amide bonds. The minimum Gasteiger partial charge on any atom is -0.506 e. The number of nitrogens with two attached hydrogens (primary N) is 1. The fourth-order valence-electron chi connectivity index (χ4n) is 2.52. The van der Waals surface area contributed by atoms with E-state index in [1.165, 1.54) is 0 Å². The highest BCUT2D eigenvalue weighted by Gasteiger charge is 2.22. The zero-order chi connectivity index (χ0) is 18.4. The van der Waals surface area contributed by atoms with E-state index in [9.17, 15) is 9.90 Å². The third-order valence-electron chi connectivity index (χ3n) is 3.81. The van der Waals surface area contributed by atoms with Gasteiger partial charge in [-0.25, -0.2) is 4.99 Å². The second kappa shape index (κ2) is 7.94. The van der Waals surface area contributed by atoms with Crippen molar-refractivity contribution in [2.45, 2.75) is 0 Å². The summed E-state index contributed by atoms with van der Waals surface area (Å²) in [6.45, 7) is 0. The largest absolute Gasteiger partial charge is 0.506 e. The molecule has 26 heavy (non-hydrogen) atoms. The van der Waals surface area contributed by atoms with Crippen LogP contribution in [0.15, 0.2) is 102 Å². The number of benzene rings is 3. The molecular formula is C22H18N2O2. The molecule has 0 fully saturated rings. The molecule has 4 nitrogen and oxygen atoms in total. The van der Waals surface area contributed by atoms with Crippen molar-refractivity contribution in [3.8, 4) is 0 Å². The van der Waals surface area contributed by atoms with Crippen LogP contribution in [0.3, 0.4) is 0 Å². The van der Waals surface area contributed by atoms with Gasteiger partial charge in [0.25, 0.3) is 0 Å². The second-order valence-electron chi connectivity index (χ2n) is 5.62. The van der Waals surface area contributed by atoms with Crippen LogP contribution in [0.2, 0.25) is 0 Å². The Balaban J connectivity index is 2.14. The van der Waals surface area contributed by atoms with Gasteiger partial charge < -0.3 is 10.8 Å². The number of carbonyl (C=O) groups excluding carboxylic acids is 1. The molecule has 0 bridgehead atoms. The van der Waals surface area contributed by atoms with E-state index in [0.29, 0.717) is 16.8 Å². The van der Waals surface area contributed by atoms with E-state index >= 15 is 0 Å². The van der Waals surface area contributed by atoms with Crippen molar-refractivity contribution in [1.82, 2.24) is 0 Å². The quantitative estimate of drug-likeness (QED) is 0.235. The molecule has 0 aliphatic heterocycles. The van der Waals surface area contributed by atoms with Gasteiger partial charge in [0.1, 0.15) is 17.2 Å². The molecule has 0 heterocycles. The number of carbonyl (C=O) groups is 1. The molecular weight excluding hydrogens is 324 g/mol. The Hall–Kier alpha value is -3.66. The first-order chi connectivity index (χ1) is 12.7. The minimum absolute atomic E-state index is 0.0220. The summed E-state index contributed by atoms with van der Waals surface area (Å²) in [6.07, 6.45) is 0. The predicted molar refractivity (Wildman–Crippen MR) is 104 cm³/mol. The van der Waals surface area contributed by atoms with Crippen LogP contribution in [0.5, 0.6) is 0 Å². The van der Waals surface area contributed by atoms with Crippen LogP contribution in [-0.2, 0) is 0 Å². The van der Waals surface area contributed by atoms with Crippen LogP contribution in [0.4, 0.5) is 5.69 Å². The predicted octanol–water partition coefficient (Wildman–Crippen LogP) is 4.53. The number of hydrogen-bond donors (Lipinski definition) is 2. The molecule has 0 unspecified atom stereocenters. The average Bonchev–Trinajstić information content (AvgIpc) is 2.70. The zero-order valence-corrected chi connectivity index (χ0v) is 14.0. The number of hydrogen-bond acceptors (Lipinski definition) is 3. The average molecular weight is 342 g/mol. The molecule has 0 aromatic heterocycles. The van der Waals surface area contributed by atoms with E-state index in [-0.39, 0.29) is 23.0 Å². The first-order valence-corrected chi connectivity index (χ1v) is 8.15. The Bertz CT molecular complexity index is 947. The molecule has 128 valence electrons. The monoisotopic (exact) mass is 342 g/mol. The number of aliphatic hydroxyl groups excluding tert-OH is 1. The Labute approximate surface area is 152 Å². The van der Waals surface area contributed by atoms with Gasteiger partial charge >= 0.3 is 0 Å². The van der Waals surface area contributed by atoms with Crippen molar-refractivity contribution in [3.63, 3.8) is 0 Å². The molecule has 0 radical (unpaired) electrons. The number of para-hydroxylation sites is 1. The maximum atomic E-state index is 13.0. The van der Waals surface area contributed by atoms with Crippen molar-refractivity contribution < 1.29 is 9.90 Å². The smallest absolute Gasteiger partial charge is 0.200 e. The van der Waals surface area contributed by atoms with E-state index < -0.39 is 0 Å². The number of ketones is 1. The van der Waals surface area contributed by atoms with Crippen molar-refractivity contribution >= 4 is 23.1 Å². The van der Waals surface area contributed by atoms with Crippen molar-refractivity contribution in [2.75, 3.05) is 0 Å². The van der Waals surface area contributed by atoms with E-state index in [4.69, 9.17) is 5.73 Å². The molecule has 0 atom stereocenters. The summed E-state index contributed by atoms with van der Waals surface area (Å²) in [7, 11) is 0. The summed E-state index contributed by atoms with van der Waals surface area (Å²) < 4.78 is 0. The number of nitrogens with zero attached hydrogens (tertiary/aromatic N) is 1. The fraction of sp³-hybridized carbons (Fsp3) is 0. The highest BCUT2D eigenvalue weighted by atomic mass is 16.3. The van der Waals surface area contributed by atoms with Crippen LogP contribution in [0.1, 0.15) is 15.9 Å². The first kappa shape index (κ1) is 17.2. The Morgan fingerprint density at radius 2 is 1.19 bits per heavy atom. The number of aliphatic hydroxyl groups is 1. The van der Waals surface area contributed by atoms with Gasteiger partial charge in [-0.3, -0.25) is 4.79 Å². The topological polar surface area (TPSA) is 75.7 Å². The SMILES string of the molecule is NC(=Nc1ccccc1)/C(C(=O)c1ccccc1)=C(\O)c1ccccc1. The Morgan fingerprint density at radius 1 is 0.731 bits per heavy atom. The highest BCUT2D eigenvalue weighted by Crippen LogP contribution is 2.21. The summed E-state index contributed by atoms with van der Waals surface area (Å²) in [5.41, 5.74) is 7.64. The van der Waals surface area contributed by atoms with Gasteiger partial charge in [0.15, 0.2) is 0 Å². The number of aliphatic imine (C=N–C) groups is 1. The van der Waals surface area contributed by atoms with E-state index in [1.807, 2.05) is 30.3 Å². The van der Waals surface area contributed by atoms with Gasteiger partial charge in [0.05, 0.1) is 5.69 Å². The molecule has 4 heteroatoms. The summed E-state index contributed by atoms with van der Waals surface area (Å²) in [5, 5.41) is 10.8. The summed E-state index contributed by atoms with van der Waals surface area (Å²) >= 11 is 0. The number of rotatable bonds is 5. The van der Waals surface area contributed by atoms with E-state index in [0.717, 1.165) is 0 Å². The lowest BCUT2D eigenvalue weighted by Crippen LogP contribution is -2.23. The van der Waals surface area contributed by atoms with Crippen LogP contribution in [-0.4, -0.2) is 16.7 Å². The number of Topliss-reactive ketones (excluding diaryl/α,β-unsaturated/α-hetero) is 1. The van der Waals surface area contributed by atoms with E-state index in [1.54, 1.807) is 60.7 Å². The molecule has 0 saturated carbocycles. The van der Waals surface area contributed by atoms with E-state index in [2.05, 4.69) is 4.99 Å². The van der Waals surface area contributed by atoms with Gasteiger partial charge in [-0.1, -0.05) is 78.9 Å². The van der Waals surface area contributed by atoms with Gasteiger partial charge in [-0.05, 0) is 12.1 Å². The minimum atomic E-state index is -0.385. The van der Waals surface area contributed by atoms with Crippen LogP contribution < -0.4 is 5.73 Å². The van der Waals surface area contributed by atoms with Crippen LogP contribution in [0, 0.1) is 0 Å². The van der Waals surface area contributed by atoms with Gasteiger partial charge in [0, 0.05) is 11.1 Å².